The van der Waals surface area contributed by atoms with Crippen molar-refractivity contribution in [1.82, 2.24) is 15.1 Å². The number of aliphatic carboxylic acids is 1. The third-order valence-corrected chi connectivity index (χ3v) is 3.85. The van der Waals surface area contributed by atoms with E-state index in [0.29, 0.717) is 0 Å². The van der Waals surface area contributed by atoms with E-state index in [-0.39, 0.29) is 22.2 Å². The van der Waals surface area contributed by atoms with Crippen LogP contribution in [0.1, 0.15) is 47.6 Å². The summed E-state index contributed by atoms with van der Waals surface area (Å²) in [4.78, 5) is 23.8. The molecule has 1 heterocycles. The highest BCUT2D eigenvalue weighted by Crippen LogP contribution is 2.21. The van der Waals surface area contributed by atoms with Crippen LogP contribution in [0.25, 0.3) is 0 Å². The van der Waals surface area contributed by atoms with Gasteiger partial charge in [-0.1, -0.05) is 31.5 Å². The Morgan fingerprint density at radius 1 is 1.33 bits per heavy atom. The first kappa shape index (κ1) is 17.9. The molecule has 8 heteroatoms. The summed E-state index contributed by atoms with van der Waals surface area (Å²) in [7, 11) is 1.70. The fraction of sp³-hybridized carbons (Fsp3) is 0.312. The molecule has 128 valence electrons. The molecule has 1 aromatic heterocycles. The molecule has 0 saturated carbocycles. The van der Waals surface area contributed by atoms with Gasteiger partial charge in [-0.3, -0.25) is 9.48 Å². The van der Waals surface area contributed by atoms with Crippen LogP contribution in [-0.4, -0.2) is 26.8 Å². The van der Waals surface area contributed by atoms with Crippen LogP contribution in [0.2, 0.25) is 5.02 Å². The second-order valence-electron chi connectivity index (χ2n) is 5.65. The smallest absolute Gasteiger partial charge is 0.330 e. The number of amides is 1. The summed E-state index contributed by atoms with van der Waals surface area (Å²) in [6.07, 6.45) is 0. The lowest BCUT2D eigenvalue weighted by molar-refractivity contribution is -0.139. The molecule has 0 spiro atoms. The Hall–Kier alpha value is -2.41. The Morgan fingerprint density at radius 2 is 2.00 bits per heavy atom. The fourth-order valence-corrected chi connectivity index (χ4v) is 2.44. The van der Waals surface area contributed by atoms with E-state index in [1.165, 1.54) is 12.1 Å². The highest BCUT2D eigenvalue weighted by molar-refractivity contribution is 6.30. The molecular formula is C16H17ClFN3O3. The molecule has 6 nitrogen and oxygen atoms in total. The highest BCUT2D eigenvalue weighted by Gasteiger charge is 2.25. The number of benzene rings is 1. The van der Waals surface area contributed by atoms with Crippen molar-refractivity contribution in [3.8, 4) is 0 Å². The average molecular weight is 354 g/mol. The van der Waals surface area contributed by atoms with E-state index in [1.54, 1.807) is 17.8 Å². The van der Waals surface area contributed by atoms with E-state index in [2.05, 4.69) is 10.4 Å². The molecule has 2 rings (SSSR count). The zero-order valence-electron chi connectivity index (χ0n) is 13.4. The molecule has 0 aliphatic carbocycles. The van der Waals surface area contributed by atoms with Crippen molar-refractivity contribution < 1.29 is 19.1 Å². The average Bonchev–Trinajstić information content (AvgIpc) is 2.89. The van der Waals surface area contributed by atoms with E-state index in [0.717, 1.165) is 11.8 Å². The summed E-state index contributed by atoms with van der Waals surface area (Å²) in [6.45, 7) is 3.91. The minimum atomic E-state index is -1.41. The molecule has 0 saturated heterocycles. The number of aromatic nitrogens is 2. The summed E-state index contributed by atoms with van der Waals surface area (Å²) >= 11 is 5.59. The Labute approximate surface area is 143 Å². The Balaban J connectivity index is 2.27. The lowest BCUT2D eigenvalue weighted by atomic mass is 10.1. The van der Waals surface area contributed by atoms with Crippen LogP contribution < -0.4 is 5.32 Å². The van der Waals surface area contributed by atoms with E-state index < -0.39 is 23.7 Å². The van der Waals surface area contributed by atoms with Gasteiger partial charge in [0.15, 0.2) is 6.04 Å². The van der Waals surface area contributed by atoms with Crippen molar-refractivity contribution in [3.05, 3.63) is 52.1 Å². The van der Waals surface area contributed by atoms with Crippen molar-refractivity contribution in [3.63, 3.8) is 0 Å². The molecule has 0 bridgehead atoms. The second-order valence-corrected chi connectivity index (χ2v) is 6.06. The molecule has 1 aromatic carbocycles. The summed E-state index contributed by atoms with van der Waals surface area (Å²) in [5.74, 6) is -2.57. The van der Waals surface area contributed by atoms with Crippen molar-refractivity contribution in [2.45, 2.75) is 25.8 Å². The van der Waals surface area contributed by atoms with Crippen molar-refractivity contribution >= 4 is 23.5 Å². The molecule has 2 N–H and O–H groups in total. The van der Waals surface area contributed by atoms with Gasteiger partial charge in [-0.15, -0.1) is 0 Å². The van der Waals surface area contributed by atoms with Crippen LogP contribution in [-0.2, 0) is 11.8 Å². The molecule has 0 fully saturated rings. The zero-order valence-corrected chi connectivity index (χ0v) is 14.1. The predicted molar refractivity (Wildman–Crippen MR) is 86.6 cm³/mol. The number of halogens is 2. The van der Waals surface area contributed by atoms with E-state index in [4.69, 9.17) is 11.6 Å². The van der Waals surface area contributed by atoms with Gasteiger partial charge in [0.1, 0.15) is 11.5 Å². The summed E-state index contributed by atoms with van der Waals surface area (Å²) in [5.41, 5.74) is 1.02. The zero-order chi connectivity index (χ0) is 18.0. The molecule has 1 atom stereocenters. The van der Waals surface area contributed by atoms with Gasteiger partial charge in [-0.05, 0) is 29.7 Å². The molecule has 1 amide bonds. The van der Waals surface area contributed by atoms with E-state index >= 15 is 0 Å². The van der Waals surface area contributed by atoms with Gasteiger partial charge in [-0.25, -0.2) is 9.18 Å². The summed E-state index contributed by atoms with van der Waals surface area (Å²) in [6, 6.07) is 3.77. The van der Waals surface area contributed by atoms with Crippen LogP contribution in [0.3, 0.4) is 0 Å². The Morgan fingerprint density at radius 3 is 2.50 bits per heavy atom. The Bertz CT molecular complexity index is 789. The summed E-state index contributed by atoms with van der Waals surface area (Å²) < 4.78 is 15.1. The van der Waals surface area contributed by atoms with Gasteiger partial charge in [0, 0.05) is 12.7 Å². The van der Waals surface area contributed by atoms with Gasteiger partial charge in [0.05, 0.1) is 5.02 Å². The largest absolute Gasteiger partial charge is 0.479 e. The van der Waals surface area contributed by atoms with E-state index in [1.807, 2.05) is 13.8 Å². The van der Waals surface area contributed by atoms with Crippen molar-refractivity contribution in [2.24, 2.45) is 7.05 Å². The maximum Gasteiger partial charge on any atom is 0.330 e. The normalized spacial score (nSPS) is 12.2. The predicted octanol–water partition coefficient (Wildman–Crippen LogP) is 2.89. The number of rotatable bonds is 5. The minimum Gasteiger partial charge on any atom is -0.479 e. The maximum absolute atomic E-state index is 13.6. The molecular weight excluding hydrogens is 337 g/mol. The van der Waals surface area contributed by atoms with Crippen molar-refractivity contribution in [1.29, 1.82) is 0 Å². The molecule has 0 radical (unpaired) electrons. The SMILES string of the molecule is CC(C)c1cc(C(=O)NC(C(=O)O)c2ccc(Cl)c(F)c2)nn1C. The van der Waals surface area contributed by atoms with Crippen LogP contribution in [0.15, 0.2) is 24.3 Å². The van der Waals surface area contributed by atoms with Gasteiger partial charge in [0.25, 0.3) is 5.91 Å². The third-order valence-electron chi connectivity index (χ3n) is 3.54. The fourth-order valence-electron chi connectivity index (χ4n) is 2.32. The monoisotopic (exact) mass is 353 g/mol. The second kappa shape index (κ2) is 7.00. The van der Waals surface area contributed by atoms with Crippen LogP contribution in [0.5, 0.6) is 0 Å². The molecule has 24 heavy (non-hydrogen) atoms. The standard InChI is InChI=1S/C16H17ClFN3O3/c1-8(2)13-7-12(20-21(13)3)15(22)19-14(16(23)24)9-4-5-10(17)11(18)6-9/h4-8,14H,1-3H3,(H,19,22)(H,23,24). The first-order chi connectivity index (χ1) is 11.2. The van der Waals surface area contributed by atoms with Gasteiger partial charge in [0.2, 0.25) is 0 Å². The lowest BCUT2D eigenvalue weighted by Gasteiger charge is -2.14. The maximum atomic E-state index is 13.6. The first-order valence-electron chi connectivity index (χ1n) is 7.23. The minimum absolute atomic E-state index is 0.0813. The van der Waals surface area contributed by atoms with Crippen LogP contribution >= 0.6 is 11.6 Å². The number of hydrogen-bond acceptors (Lipinski definition) is 3. The van der Waals surface area contributed by atoms with Crippen molar-refractivity contribution in [2.75, 3.05) is 0 Å². The number of aryl methyl sites for hydroxylation is 1. The molecule has 2 aromatic rings. The number of nitrogens with zero attached hydrogens (tertiary/aromatic N) is 2. The third kappa shape index (κ3) is 3.73. The highest BCUT2D eigenvalue weighted by atomic mass is 35.5. The quantitative estimate of drug-likeness (QED) is 0.865. The first-order valence-corrected chi connectivity index (χ1v) is 7.61. The number of hydrogen-bond donors (Lipinski definition) is 2. The summed E-state index contributed by atoms with van der Waals surface area (Å²) in [5, 5.41) is 15.6. The van der Waals surface area contributed by atoms with E-state index in [9.17, 15) is 19.1 Å². The lowest BCUT2D eigenvalue weighted by Crippen LogP contribution is -2.34. The number of nitrogens with one attached hydrogen (secondary N) is 1. The molecule has 1 unspecified atom stereocenters. The van der Waals surface area contributed by atoms with Gasteiger partial charge in [-0.2, -0.15) is 5.10 Å². The van der Waals surface area contributed by atoms with Gasteiger partial charge >= 0.3 is 5.97 Å². The number of carboxylic acids is 1. The number of carbonyl (C=O) groups is 2. The number of carboxylic acid groups (broad SMARTS) is 1. The van der Waals surface area contributed by atoms with Crippen LogP contribution in [0, 0.1) is 5.82 Å². The van der Waals surface area contributed by atoms with Gasteiger partial charge < -0.3 is 10.4 Å². The Kier molecular flexibility index (Phi) is 5.23. The topological polar surface area (TPSA) is 84.2 Å². The molecule has 0 aliphatic heterocycles. The molecule has 0 aliphatic rings. The van der Waals surface area contributed by atoms with Crippen LogP contribution in [0.4, 0.5) is 4.39 Å². The number of carbonyl (C=O) groups excluding carboxylic acids is 1.